The van der Waals surface area contributed by atoms with E-state index in [1.807, 2.05) is 32.0 Å². The number of hydrogen-bond donors (Lipinski definition) is 2. The largest absolute Gasteiger partial charge is 0.489 e. The van der Waals surface area contributed by atoms with Gasteiger partial charge in [-0.25, -0.2) is 4.39 Å². The fraction of sp³-hybridized carbons (Fsp3) is 0.308. The van der Waals surface area contributed by atoms with Crippen LogP contribution in [0.5, 0.6) is 5.75 Å². The Kier molecular flexibility index (Phi) is 7.88. The van der Waals surface area contributed by atoms with E-state index in [-0.39, 0.29) is 18.4 Å². The van der Waals surface area contributed by atoms with E-state index in [9.17, 15) is 35.8 Å². The van der Waals surface area contributed by atoms with E-state index in [1.54, 1.807) is 6.07 Å². The van der Waals surface area contributed by atoms with E-state index in [0.717, 1.165) is 16.7 Å². The highest BCUT2D eigenvalue weighted by Gasteiger charge is 2.54. The Bertz CT molecular complexity index is 1210. The van der Waals surface area contributed by atoms with Crippen molar-refractivity contribution in [3.05, 3.63) is 94.3 Å². The summed E-state index contributed by atoms with van der Waals surface area (Å²) in [6.07, 6.45) is -11.6. The van der Waals surface area contributed by atoms with Gasteiger partial charge in [0, 0.05) is 18.2 Å². The lowest BCUT2D eigenvalue weighted by Crippen LogP contribution is -2.52. The minimum Gasteiger partial charge on any atom is -0.489 e. The van der Waals surface area contributed by atoms with Crippen molar-refractivity contribution in [2.24, 2.45) is 0 Å². The maximum Gasteiger partial charge on any atom is 0.419 e. The highest BCUT2D eigenvalue weighted by atomic mass is 19.4. The third kappa shape index (κ3) is 6.69. The van der Waals surface area contributed by atoms with Crippen LogP contribution in [-0.2, 0) is 19.2 Å². The van der Waals surface area contributed by atoms with Crippen molar-refractivity contribution in [2.75, 3.05) is 11.9 Å². The molecule has 0 saturated carbocycles. The molecule has 3 aromatic rings. The number of aliphatic hydroxyl groups is 1. The van der Waals surface area contributed by atoms with Gasteiger partial charge in [-0.3, -0.25) is 0 Å². The molecule has 10 heteroatoms. The number of rotatable bonds is 8. The molecular formula is C26H24F7NO2. The minimum atomic E-state index is -5.27. The summed E-state index contributed by atoms with van der Waals surface area (Å²) < 4.78 is 99.9. The number of aryl methyl sites for hydroxylation is 2. The standard InChI is InChI=1S/C26H24F7NO2/c1-16-6-7-18(17(2)10-16)14-36-22-5-3-4-21(12-22)34-15-24(35,26(31,32)33)13-19-11-20(25(28,29)30)8-9-23(19)27/h3-12,34-35H,13-15H2,1-2H3. The molecule has 0 fully saturated rings. The van der Waals surface area contributed by atoms with Gasteiger partial charge < -0.3 is 15.2 Å². The third-order valence-electron chi connectivity index (χ3n) is 5.70. The number of halogens is 7. The van der Waals surface area contributed by atoms with Crippen molar-refractivity contribution in [3.63, 3.8) is 0 Å². The lowest BCUT2D eigenvalue weighted by molar-refractivity contribution is -0.254. The Hall–Kier alpha value is -3.27. The molecule has 3 nitrogen and oxygen atoms in total. The molecule has 2 N–H and O–H groups in total. The van der Waals surface area contributed by atoms with Crippen molar-refractivity contribution < 1.29 is 40.6 Å². The molecule has 3 rings (SSSR count). The molecule has 0 saturated heterocycles. The van der Waals surface area contributed by atoms with Crippen LogP contribution in [0, 0.1) is 19.7 Å². The summed E-state index contributed by atoms with van der Waals surface area (Å²) in [7, 11) is 0. The van der Waals surface area contributed by atoms with Crippen LogP contribution in [0.2, 0.25) is 0 Å². The monoisotopic (exact) mass is 515 g/mol. The average molecular weight is 515 g/mol. The summed E-state index contributed by atoms with van der Waals surface area (Å²) in [6.45, 7) is 2.97. The van der Waals surface area contributed by atoms with E-state index < -0.39 is 47.9 Å². The number of nitrogens with one attached hydrogen (secondary N) is 1. The molecule has 0 heterocycles. The first-order chi connectivity index (χ1) is 16.7. The second kappa shape index (κ2) is 10.4. The van der Waals surface area contributed by atoms with Gasteiger partial charge in [-0.1, -0.05) is 29.8 Å². The highest BCUT2D eigenvalue weighted by Crippen LogP contribution is 2.36. The molecule has 0 radical (unpaired) electrons. The SMILES string of the molecule is Cc1ccc(COc2cccc(NCC(O)(Cc3cc(C(F)(F)F)ccc3F)C(F)(F)F)c2)c(C)c1. The Morgan fingerprint density at radius 2 is 1.58 bits per heavy atom. The third-order valence-corrected chi connectivity index (χ3v) is 5.70. The van der Waals surface area contributed by atoms with Crippen LogP contribution in [0.3, 0.4) is 0 Å². The molecule has 0 aromatic heterocycles. The maximum atomic E-state index is 14.1. The molecular weight excluding hydrogens is 491 g/mol. The maximum absolute atomic E-state index is 14.1. The van der Waals surface area contributed by atoms with E-state index in [4.69, 9.17) is 4.74 Å². The lowest BCUT2D eigenvalue weighted by Gasteiger charge is -2.31. The van der Waals surface area contributed by atoms with E-state index >= 15 is 0 Å². The number of benzene rings is 3. The van der Waals surface area contributed by atoms with Gasteiger partial charge >= 0.3 is 12.4 Å². The molecule has 194 valence electrons. The number of ether oxygens (including phenoxy) is 1. The fourth-order valence-corrected chi connectivity index (χ4v) is 3.58. The van der Waals surface area contributed by atoms with Crippen LogP contribution in [0.4, 0.5) is 36.4 Å². The Morgan fingerprint density at radius 1 is 0.861 bits per heavy atom. The lowest BCUT2D eigenvalue weighted by atomic mass is 9.92. The first-order valence-corrected chi connectivity index (χ1v) is 10.9. The highest BCUT2D eigenvalue weighted by molar-refractivity contribution is 5.48. The van der Waals surface area contributed by atoms with Gasteiger partial charge in [-0.15, -0.1) is 0 Å². The second-order valence-electron chi connectivity index (χ2n) is 8.61. The summed E-state index contributed by atoms with van der Waals surface area (Å²) in [4.78, 5) is 0. The molecule has 0 amide bonds. The molecule has 0 spiro atoms. The van der Waals surface area contributed by atoms with Gasteiger partial charge in [0.25, 0.3) is 0 Å². The molecule has 36 heavy (non-hydrogen) atoms. The van der Waals surface area contributed by atoms with Crippen LogP contribution in [0.15, 0.2) is 60.7 Å². The summed E-state index contributed by atoms with van der Waals surface area (Å²) in [5.74, 6) is -0.938. The molecule has 3 aromatic carbocycles. The number of hydrogen-bond acceptors (Lipinski definition) is 3. The predicted octanol–water partition coefficient (Wildman–Crippen LogP) is 6.99. The smallest absolute Gasteiger partial charge is 0.419 e. The van der Waals surface area contributed by atoms with Crippen molar-refractivity contribution in [2.45, 2.75) is 44.8 Å². The summed E-state index contributed by atoms with van der Waals surface area (Å²) in [5, 5.41) is 12.8. The Labute approximate surface area is 203 Å². The second-order valence-corrected chi connectivity index (χ2v) is 8.61. The zero-order valence-electron chi connectivity index (χ0n) is 19.4. The first kappa shape index (κ1) is 27.3. The topological polar surface area (TPSA) is 41.5 Å². The van der Waals surface area contributed by atoms with Gasteiger partial charge in [0.1, 0.15) is 18.2 Å². The first-order valence-electron chi connectivity index (χ1n) is 10.9. The van der Waals surface area contributed by atoms with Crippen LogP contribution in [0.25, 0.3) is 0 Å². The Balaban J connectivity index is 1.75. The van der Waals surface area contributed by atoms with E-state index in [1.165, 1.54) is 18.2 Å². The van der Waals surface area contributed by atoms with Crippen molar-refractivity contribution in [3.8, 4) is 5.75 Å². The van der Waals surface area contributed by atoms with Crippen LogP contribution < -0.4 is 10.1 Å². The van der Waals surface area contributed by atoms with E-state index in [0.29, 0.717) is 17.9 Å². The van der Waals surface area contributed by atoms with Crippen molar-refractivity contribution in [1.29, 1.82) is 0 Å². The van der Waals surface area contributed by atoms with Crippen LogP contribution in [-0.4, -0.2) is 23.4 Å². The molecule has 0 bridgehead atoms. The zero-order chi connectivity index (χ0) is 26.7. The summed E-state index contributed by atoms with van der Waals surface area (Å²) in [6, 6.07) is 12.9. The fourth-order valence-electron chi connectivity index (χ4n) is 3.58. The zero-order valence-corrected chi connectivity index (χ0v) is 19.4. The van der Waals surface area contributed by atoms with Crippen LogP contribution in [0.1, 0.15) is 27.8 Å². The normalized spacial score (nSPS) is 13.8. The molecule has 0 aliphatic rings. The predicted molar refractivity (Wildman–Crippen MR) is 121 cm³/mol. The number of alkyl halides is 6. The van der Waals surface area contributed by atoms with Gasteiger partial charge in [0.2, 0.25) is 0 Å². The minimum absolute atomic E-state index is 0.167. The summed E-state index contributed by atoms with van der Waals surface area (Å²) >= 11 is 0. The molecule has 0 aliphatic carbocycles. The van der Waals surface area contributed by atoms with Gasteiger partial charge in [0.15, 0.2) is 5.60 Å². The molecule has 1 atom stereocenters. The van der Waals surface area contributed by atoms with Gasteiger partial charge in [-0.05, 0) is 60.9 Å². The van der Waals surface area contributed by atoms with Crippen molar-refractivity contribution in [1.82, 2.24) is 0 Å². The number of anilines is 1. The molecule has 0 aliphatic heterocycles. The summed E-state index contributed by atoms with van der Waals surface area (Å²) in [5.41, 5.74) is -2.57. The van der Waals surface area contributed by atoms with E-state index in [2.05, 4.69) is 5.32 Å². The van der Waals surface area contributed by atoms with Gasteiger partial charge in [0.05, 0.1) is 12.1 Å². The van der Waals surface area contributed by atoms with Gasteiger partial charge in [-0.2, -0.15) is 26.3 Å². The Morgan fingerprint density at radius 3 is 2.22 bits per heavy atom. The average Bonchev–Trinajstić information content (AvgIpc) is 2.77. The molecule has 1 unspecified atom stereocenters. The van der Waals surface area contributed by atoms with Crippen molar-refractivity contribution >= 4 is 5.69 Å². The van der Waals surface area contributed by atoms with Crippen LogP contribution >= 0.6 is 0 Å². The quantitative estimate of drug-likeness (QED) is 0.318.